The lowest BCUT2D eigenvalue weighted by atomic mass is 10.1. The lowest BCUT2D eigenvalue weighted by Crippen LogP contribution is -2.48. The van der Waals surface area contributed by atoms with Crippen LogP contribution in [0.3, 0.4) is 0 Å². The first kappa shape index (κ1) is 21.2. The van der Waals surface area contributed by atoms with Crippen LogP contribution in [0.1, 0.15) is 37.3 Å². The number of nitrogens with one attached hydrogen (secondary N) is 2. The molecule has 0 amide bonds. The van der Waals surface area contributed by atoms with Crippen LogP contribution in [0, 0.1) is 0 Å². The minimum Gasteiger partial charge on any atom is -0.489 e. The molecule has 0 bridgehead atoms. The Hall–Kier alpha value is -2.53. The lowest BCUT2D eigenvalue weighted by molar-refractivity contribution is 0.206. The van der Waals surface area contributed by atoms with Crippen molar-refractivity contribution in [2.45, 2.75) is 45.4 Å². The monoisotopic (exact) mass is 394 g/mol. The summed E-state index contributed by atoms with van der Waals surface area (Å²) >= 11 is 0. The molecule has 1 heterocycles. The Labute approximate surface area is 175 Å². The number of benzene rings is 2. The van der Waals surface area contributed by atoms with Crippen molar-refractivity contribution >= 4 is 5.96 Å². The van der Waals surface area contributed by atoms with E-state index < -0.39 is 0 Å². The maximum Gasteiger partial charge on any atom is 0.191 e. The molecule has 0 unspecified atom stereocenters. The molecule has 1 aliphatic heterocycles. The van der Waals surface area contributed by atoms with E-state index in [4.69, 9.17) is 4.74 Å². The van der Waals surface area contributed by atoms with Crippen molar-refractivity contribution in [3.05, 3.63) is 65.7 Å². The molecule has 0 aliphatic carbocycles. The van der Waals surface area contributed by atoms with Crippen molar-refractivity contribution in [3.63, 3.8) is 0 Å². The van der Waals surface area contributed by atoms with E-state index in [0.29, 0.717) is 12.6 Å². The van der Waals surface area contributed by atoms with Crippen LogP contribution in [-0.2, 0) is 13.2 Å². The molecule has 5 heteroatoms. The third-order valence-corrected chi connectivity index (χ3v) is 5.39. The summed E-state index contributed by atoms with van der Waals surface area (Å²) in [6.45, 7) is 7.08. The SMILES string of the molecule is CCCN1CCC(NC(=NC)NCc2ccccc2COc2ccccc2)CC1. The van der Waals surface area contributed by atoms with Crippen molar-refractivity contribution in [1.29, 1.82) is 0 Å². The van der Waals surface area contributed by atoms with Gasteiger partial charge in [0.05, 0.1) is 0 Å². The van der Waals surface area contributed by atoms with E-state index in [1.165, 1.54) is 50.0 Å². The van der Waals surface area contributed by atoms with Gasteiger partial charge in [-0.3, -0.25) is 4.99 Å². The van der Waals surface area contributed by atoms with Crippen molar-refractivity contribution in [1.82, 2.24) is 15.5 Å². The minimum atomic E-state index is 0.492. The average Bonchev–Trinajstić information content (AvgIpc) is 2.78. The van der Waals surface area contributed by atoms with Gasteiger partial charge in [0.25, 0.3) is 0 Å². The fourth-order valence-corrected chi connectivity index (χ4v) is 3.73. The zero-order chi connectivity index (χ0) is 20.3. The Balaban J connectivity index is 1.49. The second-order valence-electron chi connectivity index (χ2n) is 7.56. The molecule has 3 rings (SSSR count). The van der Waals surface area contributed by atoms with E-state index in [-0.39, 0.29) is 0 Å². The van der Waals surface area contributed by atoms with Gasteiger partial charge < -0.3 is 20.3 Å². The third-order valence-electron chi connectivity index (χ3n) is 5.39. The van der Waals surface area contributed by atoms with Crippen molar-refractivity contribution < 1.29 is 4.74 Å². The Morgan fingerprint density at radius 1 is 1.03 bits per heavy atom. The first-order chi connectivity index (χ1) is 14.3. The molecular formula is C24H34N4O. The lowest BCUT2D eigenvalue weighted by Gasteiger charge is -2.32. The number of piperidine rings is 1. The molecule has 1 aliphatic rings. The summed E-state index contributed by atoms with van der Waals surface area (Å²) in [7, 11) is 1.84. The molecule has 0 saturated carbocycles. The number of para-hydroxylation sites is 1. The van der Waals surface area contributed by atoms with Gasteiger partial charge in [0.15, 0.2) is 5.96 Å². The van der Waals surface area contributed by atoms with Crippen LogP contribution < -0.4 is 15.4 Å². The van der Waals surface area contributed by atoms with Crippen LogP contribution in [-0.4, -0.2) is 43.6 Å². The summed E-state index contributed by atoms with van der Waals surface area (Å²) in [5, 5.41) is 7.07. The van der Waals surface area contributed by atoms with Gasteiger partial charge in [-0.15, -0.1) is 0 Å². The summed E-state index contributed by atoms with van der Waals surface area (Å²) in [4.78, 5) is 6.98. The number of hydrogen-bond acceptors (Lipinski definition) is 3. The Morgan fingerprint density at radius 2 is 1.72 bits per heavy atom. The highest BCUT2D eigenvalue weighted by Crippen LogP contribution is 2.15. The highest BCUT2D eigenvalue weighted by atomic mass is 16.5. The van der Waals surface area contributed by atoms with Crippen molar-refractivity contribution in [3.8, 4) is 5.75 Å². The molecular weight excluding hydrogens is 360 g/mol. The van der Waals surface area contributed by atoms with E-state index in [0.717, 1.165) is 18.3 Å². The molecule has 1 saturated heterocycles. The maximum atomic E-state index is 5.94. The fraction of sp³-hybridized carbons (Fsp3) is 0.458. The summed E-state index contributed by atoms with van der Waals surface area (Å²) in [6, 6.07) is 18.8. The number of ether oxygens (including phenoxy) is 1. The summed E-state index contributed by atoms with van der Waals surface area (Å²) in [5.41, 5.74) is 2.41. The second-order valence-corrected chi connectivity index (χ2v) is 7.56. The summed E-state index contributed by atoms with van der Waals surface area (Å²) in [6.07, 6.45) is 3.57. The quantitative estimate of drug-likeness (QED) is 0.528. The summed E-state index contributed by atoms with van der Waals surface area (Å²) < 4.78 is 5.94. The van der Waals surface area contributed by atoms with E-state index in [2.05, 4.69) is 51.7 Å². The number of aliphatic imine (C=N–C) groups is 1. The van der Waals surface area contributed by atoms with Crippen molar-refractivity contribution in [2.24, 2.45) is 4.99 Å². The predicted molar refractivity (Wildman–Crippen MR) is 120 cm³/mol. The van der Waals surface area contributed by atoms with Gasteiger partial charge in [-0.05, 0) is 49.1 Å². The highest BCUT2D eigenvalue weighted by Gasteiger charge is 2.19. The molecule has 2 N–H and O–H groups in total. The largest absolute Gasteiger partial charge is 0.489 e. The van der Waals surface area contributed by atoms with Crippen LogP contribution in [0.5, 0.6) is 5.75 Å². The van der Waals surface area contributed by atoms with Gasteiger partial charge in [-0.25, -0.2) is 0 Å². The normalized spacial score (nSPS) is 15.9. The molecule has 29 heavy (non-hydrogen) atoms. The van der Waals surface area contributed by atoms with E-state index in [1.54, 1.807) is 0 Å². The van der Waals surface area contributed by atoms with E-state index in [9.17, 15) is 0 Å². The van der Waals surface area contributed by atoms with Crippen molar-refractivity contribution in [2.75, 3.05) is 26.7 Å². The van der Waals surface area contributed by atoms with E-state index >= 15 is 0 Å². The smallest absolute Gasteiger partial charge is 0.191 e. The maximum absolute atomic E-state index is 5.94. The number of guanidine groups is 1. The Morgan fingerprint density at radius 3 is 2.41 bits per heavy atom. The fourth-order valence-electron chi connectivity index (χ4n) is 3.73. The van der Waals surface area contributed by atoms with Crippen LogP contribution in [0.25, 0.3) is 0 Å². The molecule has 0 aromatic heterocycles. The molecule has 0 spiro atoms. The van der Waals surface area contributed by atoms with Gasteiger partial charge in [0.2, 0.25) is 0 Å². The van der Waals surface area contributed by atoms with Gasteiger partial charge >= 0.3 is 0 Å². The topological polar surface area (TPSA) is 48.9 Å². The molecule has 5 nitrogen and oxygen atoms in total. The second kappa shape index (κ2) is 11.5. The van der Waals surface area contributed by atoms with Gasteiger partial charge in [0.1, 0.15) is 12.4 Å². The van der Waals surface area contributed by atoms with Crippen LogP contribution in [0.4, 0.5) is 0 Å². The standard InChI is InChI=1S/C24H34N4O/c1-3-15-28-16-13-22(14-17-28)27-24(25-2)26-18-20-9-7-8-10-21(20)19-29-23-11-5-4-6-12-23/h4-12,22H,3,13-19H2,1-2H3,(H2,25,26,27). The number of hydrogen-bond donors (Lipinski definition) is 2. The molecule has 2 aromatic carbocycles. The van der Waals surface area contributed by atoms with Crippen LogP contribution in [0.15, 0.2) is 59.6 Å². The average molecular weight is 395 g/mol. The Kier molecular flexibility index (Phi) is 8.38. The first-order valence-corrected chi connectivity index (χ1v) is 10.7. The first-order valence-electron chi connectivity index (χ1n) is 10.7. The molecule has 0 atom stereocenters. The zero-order valence-corrected chi connectivity index (χ0v) is 17.7. The van der Waals surface area contributed by atoms with Gasteiger partial charge in [0, 0.05) is 32.7 Å². The molecule has 1 fully saturated rings. The van der Waals surface area contributed by atoms with E-state index in [1.807, 2.05) is 37.4 Å². The molecule has 2 aromatic rings. The molecule has 0 radical (unpaired) electrons. The van der Waals surface area contributed by atoms with Crippen LogP contribution >= 0.6 is 0 Å². The zero-order valence-electron chi connectivity index (χ0n) is 17.7. The summed E-state index contributed by atoms with van der Waals surface area (Å²) in [5.74, 6) is 1.76. The minimum absolute atomic E-state index is 0.492. The number of nitrogens with zero attached hydrogens (tertiary/aromatic N) is 2. The van der Waals surface area contributed by atoms with Crippen LogP contribution in [0.2, 0.25) is 0 Å². The highest BCUT2D eigenvalue weighted by molar-refractivity contribution is 5.80. The molecule has 156 valence electrons. The predicted octanol–water partition coefficient (Wildman–Crippen LogP) is 3.81. The third kappa shape index (κ3) is 6.79. The Bertz CT molecular complexity index is 754. The number of rotatable bonds is 8. The van der Waals surface area contributed by atoms with Gasteiger partial charge in [-0.2, -0.15) is 0 Å². The van der Waals surface area contributed by atoms with Gasteiger partial charge in [-0.1, -0.05) is 49.4 Å². The number of likely N-dealkylation sites (tertiary alicyclic amines) is 1.